The molecule has 0 amide bonds. The summed E-state index contributed by atoms with van der Waals surface area (Å²) < 4.78 is 5.60. The number of nitrogens with two attached hydrogens (primary N) is 1. The molecule has 0 bridgehead atoms. The topological polar surface area (TPSA) is 64.3 Å². The fraction of sp³-hybridized carbons (Fsp3) is 0.667. The van der Waals surface area contributed by atoms with E-state index in [2.05, 4.69) is 14.9 Å². The van der Waals surface area contributed by atoms with Crippen molar-refractivity contribution >= 4 is 11.8 Å². The van der Waals surface area contributed by atoms with Gasteiger partial charge in [-0.05, 0) is 25.7 Å². The van der Waals surface area contributed by atoms with Gasteiger partial charge in [-0.1, -0.05) is 0 Å². The van der Waals surface area contributed by atoms with Crippen molar-refractivity contribution < 1.29 is 4.74 Å². The molecule has 94 valence electrons. The van der Waals surface area contributed by atoms with Gasteiger partial charge in [-0.2, -0.15) is 4.98 Å². The van der Waals surface area contributed by atoms with Crippen LogP contribution in [0.4, 0.5) is 11.8 Å². The van der Waals surface area contributed by atoms with Crippen molar-refractivity contribution in [3.8, 4) is 0 Å². The van der Waals surface area contributed by atoms with Crippen LogP contribution in [-0.4, -0.2) is 36.8 Å². The van der Waals surface area contributed by atoms with E-state index in [1.807, 2.05) is 14.0 Å². The molecule has 5 nitrogen and oxygen atoms in total. The van der Waals surface area contributed by atoms with Crippen molar-refractivity contribution in [2.45, 2.75) is 19.8 Å². The fourth-order valence-electron chi connectivity index (χ4n) is 1.67. The molecule has 0 saturated heterocycles. The van der Waals surface area contributed by atoms with E-state index in [-0.39, 0.29) is 0 Å². The van der Waals surface area contributed by atoms with Crippen molar-refractivity contribution in [2.24, 2.45) is 5.92 Å². The Balaban J connectivity index is 1.80. The van der Waals surface area contributed by atoms with Crippen molar-refractivity contribution in [1.29, 1.82) is 0 Å². The minimum atomic E-state index is 0.316. The third-order valence-corrected chi connectivity index (χ3v) is 2.95. The maximum atomic E-state index is 5.60. The van der Waals surface area contributed by atoms with Gasteiger partial charge >= 0.3 is 0 Å². The SMILES string of the molecule is Cc1cnc(N)nc1N(C)CCOCC1CC1. The Labute approximate surface area is 102 Å². The zero-order chi connectivity index (χ0) is 12.3. The molecule has 1 aromatic rings. The van der Waals surface area contributed by atoms with E-state index in [0.717, 1.165) is 37.1 Å². The number of hydrogen-bond acceptors (Lipinski definition) is 5. The largest absolute Gasteiger partial charge is 0.379 e. The van der Waals surface area contributed by atoms with Gasteiger partial charge in [0.05, 0.1) is 6.61 Å². The number of likely N-dealkylation sites (N-methyl/N-ethyl adjacent to an activating group) is 1. The third kappa shape index (κ3) is 3.56. The van der Waals surface area contributed by atoms with Crippen molar-refractivity contribution in [3.05, 3.63) is 11.8 Å². The molecule has 0 spiro atoms. The Kier molecular flexibility index (Phi) is 3.78. The van der Waals surface area contributed by atoms with Crippen molar-refractivity contribution in [1.82, 2.24) is 9.97 Å². The summed E-state index contributed by atoms with van der Waals surface area (Å²) in [5, 5.41) is 0. The first-order chi connectivity index (χ1) is 8.16. The molecule has 5 heteroatoms. The molecular weight excluding hydrogens is 216 g/mol. The fourth-order valence-corrected chi connectivity index (χ4v) is 1.67. The first kappa shape index (κ1) is 12.1. The monoisotopic (exact) mass is 236 g/mol. The number of nitrogen functional groups attached to an aromatic ring is 1. The second kappa shape index (κ2) is 5.31. The molecule has 17 heavy (non-hydrogen) atoms. The van der Waals surface area contributed by atoms with Crippen LogP contribution in [0.15, 0.2) is 6.20 Å². The molecule has 0 radical (unpaired) electrons. The molecule has 0 aromatic carbocycles. The second-order valence-electron chi connectivity index (χ2n) is 4.67. The van der Waals surface area contributed by atoms with Crippen LogP contribution in [0.3, 0.4) is 0 Å². The van der Waals surface area contributed by atoms with Crippen molar-refractivity contribution in [2.75, 3.05) is 37.4 Å². The lowest BCUT2D eigenvalue weighted by atomic mass is 10.3. The van der Waals surface area contributed by atoms with Gasteiger partial charge in [0.15, 0.2) is 0 Å². The molecule has 1 aromatic heterocycles. The number of anilines is 2. The maximum Gasteiger partial charge on any atom is 0.221 e. The van der Waals surface area contributed by atoms with Crippen LogP contribution in [0.5, 0.6) is 0 Å². The van der Waals surface area contributed by atoms with E-state index < -0.39 is 0 Å². The van der Waals surface area contributed by atoms with E-state index in [0.29, 0.717) is 5.95 Å². The quantitative estimate of drug-likeness (QED) is 0.753. The number of hydrogen-bond donors (Lipinski definition) is 1. The van der Waals surface area contributed by atoms with Crippen LogP contribution < -0.4 is 10.6 Å². The van der Waals surface area contributed by atoms with Crippen LogP contribution in [0.25, 0.3) is 0 Å². The van der Waals surface area contributed by atoms with Gasteiger partial charge in [-0.15, -0.1) is 0 Å². The molecular formula is C12H20N4O. The van der Waals surface area contributed by atoms with Crippen LogP contribution in [0.2, 0.25) is 0 Å². The van der Waals surface area contributed by atoms with Gasteiger partial charge in [0.25, 0.3) is 0 Å². The summed E-state index contributed by atoms with van der Waals surface area (Å²) in [6, 6.07) is 0. The highest BCUT2D eigenvalue weighted by atomic mass is 16.5. The zero-order valence-corrected chi connectivity index (χ0v) is 10.5. The Morgan fingerprint density at radius 1 is 1.53 bits per heavy atom. The number of nitrogens with zero attached hydrogens (tertiary/aromatic N) is 3. The van der Waals surface area contributed by atoms with Gasteiger partial charge < -0.3 is 15.4 Å². The van der Waals surface area contributed by atoms with Crippen LogP contribution in [0, 0.1) is 12.8 Å². The van der Waals surface area contributed by atoms with E-state index in [1.165, 1.54) is 12.8 Å². The predicted octanol–water partition coefficient (Wildman–Crippen LogP) is 1.23. The lowest BCUT2D eigenvalue weighted by molar-refractivity contribution is 0.130. The zero-order valence-electron chi connectivity index (χ0n) is 10.5. The van der Waals surface area contributed by atoms with E-state index in [9.17, 15) is 0 Å². The molecule has 1 heterocycles. The van der Waals surface area contributed by atoms with Gasteiger partial charge in [0.1, 0.15) is 5.82 Å². The summed E-state index contributed by atoms with van der Waals surface area (Å²) >= 11 is 0. The average molecular weight is 236 g/mol. The summed E-state index contributed by atoms with van der Waals surface area (Å²) in [7, 11) is 2.00. The Bertz CT molecular complexity index is 379. The highest BCUT2D eigenvalue weighted by Gasteiger charge is 2.21. The molecule has 1 saturated carbocycles. The minimum Gasteiger partial charge on any atom is -0.379 e. The number of aromatic nitrogens is 2. The smallest absolute Gasteiger partial charge is 0.221 e. The number of rotatable bonds is 6. The predicted molar refractivity (Wildman–Crippen MR) is 68.0 cm³/mol. The summed E-state index contributed by atoms with van der Waals surface area (Å²) in [4.78, 5) is 10.3. The minimum absolute atomic E-state index is 0.316. The lowest BCUT2D eigenvalue weighted by Crippen LogP contribution is -2.25. The van der Waals surface area contributed by atoms with Crippen molar-refractivity contribution in [3.63, 3.8) is 0 Å². The number of ether oxygens (including phenoxy) is 1. The molecule has 0 unspecified atom stereocenters. The Hall–Kier alpha value is -1.36. The van der Waals surface area contributed by atoms with Crippen LogP contribution in [-0.2, 0) is 4.74 Å². The van der Waals surface area contributed by atoms with Gasteiger partial charge in [-0.3, -0.25) is 0 Å². The lowest BCUT2D eigenvalue weighted by Gasteiger charge is -2.19. The molecule has 1 fully saturated rings. The molecule has 1 aliphatic carbocycles. The molecule has 2 N–H and O–H groups in total. The summed E-state index contributed by atoms with van der Waals surface area (Å²) in [5.74, 6) is 2.01. The van der Waals surface area contributed by atoms with E-state index in [4.69, 9.17) is 10.5 Å². The Morgan fingerprint density at radius 3 is 3.00 bits per heavy atom. The van der Waals surface area contributed by atoms with E-state index in [1.54, 1.807) is 6.20 Å². The summed E-state index contributed by atoms with van der Waals surface area (Å²) in [6.45, 7) is 4.44. The number of aryl methyl sites for hydroxylation is 1. The third-order valence-electron chi connectivity index (χ3n) is 2.95. The highest BCUT2D eigenvalue weighted by Crippen LogP contribution is 2.28. The molecule has 1 aliphatic rings. The molecule has 0 atom stereocenters. The van der Waals surface area contributed by atoms with Gasteiger partial charge in [0, 0.05) is 32.0 Å². The Morgan fingerprint density at radius 2 is 2.29 bits per heavy atom. The highest BCUT2D eigenvalue weighted by molar-refractivity contribution is 5.47. The van der Waals surface area contributed by atoms with Gasteiger partial charge in [-0.25, -0.2) is 4.98 Å². The van der Waals surface area contributed by atoms with E-state index >= 15 is 0 Å². The van der Waals surface area contributed by atoms with Crippen LogP contribution in [0.1, 0.15) is 18.4 Å². The first-order valence-electron chi connectivity index (χ1n) is 6.05. The normalized spacial score (nSPS) is 14.9. The average Bonchev–Trinajstić information content (AvgIpc) is 3.11. The summed E-state index contributed by atoms with van der Waals surface area (Å²) in [6.07, 6.45) is 4.41. The molecule has 2 rings (SSSR count). The van der Waals surface area contributed by atoms with Crippen LogP contribution >= 0.6 is 0 Å². The summed E-state index contributed by atoms with van der Waals surface area (Å²) in [5.41, 5.74) is 6.62. The molecule has 0 aliphatic heterocycles. The maximum absolute atomic E-state index is 5.60. The van der Waals surface area contributed by atoms with Gasteiger partial charge in [0.2, 0.25) is 5.95 Å². The first-order valence-corrected chi connectivity index (χ1v) is 6.05. The second-order valence-corrected chi connectivity index (χ2v) is 4.67. The standard InChI is InChI=1S/C12H20N4O/c1-9-7-14-12(13)15-11(9)16(2)5-6-17-8-10-3-4-10/h7,10H,3-6,8H2,1-2H3,(H2,13,14,15).